The quantitative estimate of drug-likeness (QED) is 0.313. The standard InChI is InChI=1S/C30H28F2N4O2S/c1-3-19(2)33-25(37)17-35-26(38)18-39-29(21-10-7-11-23(32)16-21)27-28(20-8-5-4-6-9-20)34-36(30(27)35)24-14-12-22(31)13-15-24/h4-16,19,29H,3,17-18H2,1-2H3,(H,33,37)/t19-,29+/m0/s1. The van der Waals surface area contributed by atoms with Crippen LogP contribution in [0.15, 0.2) is 78.9 Å². The number of halogens is 2. The number of nitrogens with zero attached hydrogens (tertiary/aromatic N) is 3. The molecular formula is C30H28F2N4O2S. The third-order valence-electron chi connectivity index (χ3n) is 6.68. The zero-order valence-electron chi connectivity index (χ0n) is 21.6. The van der Waals surface area contributed by atoms with Gasteiger partial charge in [-0.3, -0.25) is 14.5 Å². The lowest BCUT2D eigenvalue weighted by Crippen LogP contribution is -2.44. The van der Waals surface area contributed by atoms with Crippen LogP contribution in [0, 0.1) is 11.6 Å². The number of nitrogens with one attached hydrogen (secondary N) is 1. The number of anilines is 1. The molecule has 6 nitrogen and oxygen atoms in total. The van der Waals surface area contributed by atoms with Crippen LogP contribution in [0.4, 0.5) is 14.6 Å². The molecule has 0 unspecified atom stereocenters. The minimum absolute atomic E-state index is 0.0599. The molecule has 200 valence electrons. The maximum absolute atomic E-state index is 14.4. The summed E-state index contributed by atoms with van der Waals surface area (Å²) in [6.07, 6.45) is 0.744. The SMILES string of the molecule is CC[C@H](C)NC(=O)CN1C(=O)CS[C@H](c2cccc(F)c2)c2c(-c3ccccc3)nn(-c3ccc(F)cc3)c21. The van der Waals surface area contributed by atoms with E-state index in [-0.39, 0.29) is 36.0 Å². The van der Waals surface area contributed by atoms with Gasteiger partial charge in [0.1, 0.15) is 24.0 Å². The van der Waals surface area contributed by atoms with Crippen LogP contribution >= 0.6 is 11.8 Å². The number of aromatic nitrogens is 2. The number of amides is 2. The van der Waals surface area contributed by atoms with Crippen molar-refractivity contribution in [1.29, 1.82) is 0 Å². The van der Waals surface area contributed by atoms with Crippen molar-refractivity contribution in [3.8, 4) is 16.9 Å². The number of carbonyl (C=O) groups excluding carboxylic acids is 2. The van der Waals surface area contributed by atoms with Gasteiger partial charge in [0.15, 0.2) is 0 Å². The van der Waals surface area contributed by atoms with Gasteiger partial charge in [-0.05, 0) is 55.3 Å². The van der Waals surface area contributed by atoms with Crippen LogP contribution in [0.3, 0.4) is 0 Å². The first kappa shape index (κ1) is 26.6. The Hall–Kier alpha value is -3.98. The highest BCUT2D eigenvalue weighted by atomic mass is 32.2. The van der Waals surface area contributed by atoms with E-state index in [0.717, 1.165) is 12.0 Å². The molecule has 4 aromatic rings. The van der Waals surface area contributed by atoms with Gasteiger partial charge in [0.05, 0.1) is 22.4 Å². The van der Waals surface area contributed by atoms with Crippen LogP contribution in [-0.4, -0.2) is 39.9 Å². The molecule has 2 heterocycles. The van der Waals surface area contributed by atoms with Crippen molar-refractivity contribution in [2.75, 3.05) is 17.2 Å². The molecule has 3 aromatic carbocycles. The Bertz CT molecular complexity index is 1490. The van der Waals surface area contributed by atoms with Crippen LogP contribution in [0.2, 0.25) is 0 Å². The maximum Gasteiger partial charge on any atom is 0.240 e. The van der Waals surface area contributed by atoms with Gasteiger partial charge in [-0.1, -0.05) is 49.4 Å². The molecule has 0 fully saturated rings. The summed E-state index contributed by atoms with van der Waals surface area (Å²) in [5, 5.41) is 7.42. The first-order valence-corrected chi connectivity index (χ1v) is 13.8. The topological polar surface area (TPSA) is 67.2 Å². The van der Waals surface area contributed by atoms with Crippen molar-refractivity contribution in [3.05, 3.63) is 102 Å². The normalized spacial score (nSPS) is 15.9. The molecular weight excluding hydrogens is 518 g/mol. The summed E-state index contributed by atoms with van der Waals surface area (Å²) in [6, 6.07) is 21.5. The number of benzene rings is 3. The molecule has 39 heavy (non-hydrogen) atoms. The zero-order valence-corrected chi connectivity index (χ0v) is 22.4. The summed E-state index contributed by atoms with van der Waals surface area (Å²) in [7, 11) is 0. The molecule has 2 atom stereocenters. The molecule has 0 aliphatic carbocycles. The van der Waals surface area contributed by atoms with Crippen molar-refractivity contribution in [2.24, 2.45) is 0 Å². The van der Waals surface area contributed by atoms with Gasteiger partial charge in [-0.2, -0.15) is 5.10 Å². The third kappa shape index (κ3) is 5.59. The second-order valence-corrected chi connectivity index (χ2v) is 10.5. The molecule has 5 rings (SSSR count). The first-order chi connectivity index (χ1) is 18.9. The van der Waals surface area contributed by atoms with Gasteiger partial charge in [0, 0.05) is 17.2 Å². The van der Waals surface area contributed by atoms with E-state index in [1.807, 2.05) is 50.2 Å². The highest BCUT2D eigenvalue weighted by molar-refractivity contribution is 8.00. The molecule has 0 bridgehead atoms. The van der Waals surface area contributed by atoms with Crippen LogP contribution in [-0.2, 0) is 9.59 Å². The Labute approximate surface area is 230 Å². The van der Waals surface area contributed by atoms with Crippen molar-refractivity contribution in [2.45, 2.75) is 31.6 Å². The van der Waals surface area contributed by atoms with E-state index in [2.05, 4.69) is 5.32 Å². The van der Waals surface area contributed by atoms with E-state index in [1.54, 1.807) is 22.9 Å². The Balaban J connectivity index is 1.77. The first-order valence-electron chi connectivity index (χ1n) is 12.8. The summed E-state index contributed by atoms with van der Waals surface area (Å²) >= 11 is 1.36. The van der Waals surface area contributed by atoms with Gasteiger partial charge in [0.2, 0.25) is 11.8 Å². The number of fused-ring (bicyclic) bond motifs is 1. The lowest BCUT2D eigenvalue weighted by Gasteiger charge is -2.24. The molecule has 9 heteroatoms. The van der Waals surface area contributed by atoms with E-state index >= 15 is 0 Å². The maximum atomic E-state index is 14.4. The van der Waals surface area contributed by atoms with Crippen LogP contribution in [0.5, 0.6) is 0 Å². The largest absolute Gasteiger partial charge is 0.352 e. The molecule has 1 aliphatic rings. The van der Waals surface area contributed by atoms with Gasteiger partial charge in [-0.15, -0.1) is 11.8 Å². The van der Waals surface area contributed by atoms with E-state index < -0.39 is 11.1 Å². The average molecular weight is 547 g/mol. The number of rotatable bonds is 7. The van der Waals surface area contributed by atoms with E-state index in [1.165, 1.54) is 40.9 Å². The molecule has 1 N–H and O–H groups in total. The Kier molecular flexibility index (Phi) is 7.79. The predicted octanol–water partition coefficient (Wildman–Crippen LogP) is 5.90. The number of hydrogen-bond acceptors (Lipinski definition) is 4. The number of hydrogen-bond donors (Lipinski definition) is 1. The molecule has 2 amide bonds. The van der Waals surface area contributed by atoms with Gasteiger partial charge < -0.3 is 5.32 Å². The van der Waals surface area contributed by atoms with Crippen LogP contribution in [0.25, 0.3) is 16.9 Å². The van der Waals surface area contributed by atoms with E-state index in [0.29, 0.717) is 28.3 Å². The second kappa shape index (κ2) is 11.4. The Morgan fingerprint density at radius 2 is 1.79 bits per heavy atom. The zero-order chi connectivity index (χ0) is 27.5. The minimum Gasteiger partial charge on any atom is -0.352 e. The molecule has 1 aliphatic heterocycles. The second-order valence-electron chi connectivity index (χ2n) is 9.44. The third-order valence-corrected chi connectivity index (χ3v) is 7.94. The Morgan fingerprint density at radius 1 is 1.05 bits per heavy atom. The molecule has 0 spiro atoms. The van der Waals surface area contributed by atoms with E-state index in [4.69, 9.17) is 5.10 Å². The van der Waals surface area contributed by atoms with Crippen molar-refractivity contribution >= 4 is 29.4 Å². The van der Waals surface area contributed by atoms with Gasteiger partial charge in [0.25, 0.3) is 0 Å². The molecule has 0 radical (unpaired) electrons. The fourth-order valence-corrected chi connectivity index (χ4v) is 5.78. The number of thioether (sulfide) groups is 1. The monoisotopic (exact) mass is 546 g/mol. The summed E-state index contributed by atoms with van der Waals surface area (Å²) in [5.41, 5.74) is 3.28. The van der Waals surface area contributed by atoms with Crippen molar-refractivity contribution in [3.63, 3.8) is 0 Å². The predicted molar refractivity (Wildman–Crippen MR) is 150 cm³/mol. The van der Waals surface area contributed by atoms with Crippen molar-refractivity contribution < 1.29 is 18.4 Å². The Morgan fingerprint density at radius 3 is 2.49 bits per heavy atom. The lowest BCUT2D eigenvalue weighted by molar-refractivity contribution is -0.123. The summed E-state index contributed by atoms with van der Waals surface area (Å²) in [6.45, 7) is 3.66. The minimum atomic E-state index is -0.452. The van der Waals surface area contributed by atoms with Crippen molar-refractivity contribution in [1.82, 2.24) is 15.1 Å². The van der Waals surface area contributed by atoms with Gasteiger partial charge >= 0.3 is 0 Å². The highest BCUT2D eigenvalue weighted by Crippen LogP contribution is 2.48. The fourth-order valence-electron chi connectivity index (χ4n) is 4.59. The summed E-state index contributed by atoms with van der Waals surface area (Å²) < 4.78 is 29.9. The summed E-state index contributed by atoms with van der Waals surface area (Å²) in [4.78, 5) is 28.2. The summed E-state index contributed by atoms with van der Waals surface area (Å²) in [5.74, 6) is -0.890. The smallest absolute Gasteiger partial charge is 0.240 e. The van der Waals surface area contributed by atoms with Crippen LogP contribution in [0.1, 0.15) is 36.6 Å². The van der Waals surface area contributed by atoms with Crippen LogP contribution < -0.4 is 10.2 Å². The molecule has 0 saturated heterocycles. The highest BCUT2D eigenvalue weighted by Gasteiger charge is 2.37. The fraction of sp³-hybridized carbons (Fsp3) is 0.233. The van der Waals surface area contributed by atoms with Gasteiger partial charge in [-0.25, -0.2) is 13.5 Å². The lowest BCUT2D eigenvalue weighted by atomic mass is 9.99. The molecule has 1 aromatic heterocycles. The molecule has 0 saturated carbocycles. The average Bonchev–Trinajstić information content (AvgIpc) is 3.26. The van der Waals surface area contributed by atoms with E-state index in [9.17, 15) is 18.4 Å². The number of carbonyl (C=O) groups is 2.